The van der Waals surface area contributed by atoms with Crippen molar-refractivity contribution in [1.82, 2.24) is 33.2 Å². The Morgan fingerprint density at radius 1 is 0.600 bits per heavy atom. The smallest absolute Gasteiger partial charge is 0.354 e. The molecule has 0 bridgehead atoms. The van der Waals surface area contributed by atoms with E-state index in [0.29, 0.717) is 49.2 Å². The number of hydrogen-bond acceptors (Lipinski definition) is 7. The number of carboxylic acid groups (broad SMARTS) is 1. The third-order valence-electron chi connectivity index (χ3n) is 10.6. The van der Waals surface area contributed by atoms with Gasteiger partial charge in [-0.1, -0.05) is 96.0 Å². The summed E-state index contributed by atoms with van der Waals surface area (Å²) in [5, 5.41) is 15.1. The van der Waals surface area contributed by atoms with Crippen molar-refractivity contribution in [1.29, 1.82) is 0 Å². The summed E-state index contributed by atoms with van der Waals surface area (Å²) < 4.78 is 6.50. The molecule has 0 aliphatic rings. The van der Waals surface area contributed by atoms with Gasteiger partial charge < -0.3 is 16.2 Å². The number of nitrogens with zero attached hydrogens (tertiary/aromatic N) is 6. The molecule has 0 aliphatic heterocycles. The van der Waals surface area contributed by atoms with Crippen molar-refractivity contribution in [2.45, 2.75) is 25.9 Å². The van der Waals surface area contributed by atoms with Gasteiger partial charge in [0.05, 0.1) is 39.3 Å². The molecular weight excluding hydrogens is 864 g/mol. The number of imidazole rings is 2. The van der Waals surface area contributed by atoms with E-state index in [9.17, 15) is 19.2 Å². The largest absolute Gasteiger partial charge is 0.477 e. The number of rotatable bonds is 7. The highest BCUT2D eigenvalue weighted by molar-refractivity contribution is 6.35. The SMILES string of the molecule is C[C@H](N)c1cc2cccc(Cl)c2c(=O)n1-c1ccccc1.C[C@H](NC(=O)c1cnc2ccccn12)c1cc2cccc(Cl)c2c(=O)n1-c1ccccc1.O=C(O)c1cnc2ccccn12. The molecule has 324 valence electrons. The van der Waals surface area contributed by atoms with E-state index in [1.165, 1.54) is 10.6 Å². The summed E-state index contributed by atoms with van der Waals surface area (Å²) in [5.41, 5.74) is 10.5. The molecule has 6 aromatic heterocycles. The van der Waals surface area contributed by atoms with Crippen LogP contribution >= 0.6 is 23.2 Å². The Morgan fingerprint density at radius 3 is 1.54 bits per heavy atom. The van der Waals surface area contributed by atoms with E-state index < -0.39 is 12.0 Å². The molecule has 0 saturated heterocycles. The minimum atomic E-state index is -0.964. The summed E-state index contributed by atoms with van der Waals surface area (Å²) in [4.78, 5) is 58.3. The number of nitrogens with two attached hydrogens (primary N) is 1. The number of nitrogens with one attached hydrogen (secondary N) is 1. The summed E-state index contributed by atoms with van der Waals surface area (Å²) in [5.74, 6) is -1.25. The number of aromatic nitrogens is 6. The third-order valence-corrected chi connectivity index (χ3v) is 11.3. The van der Waals surface area contributed by atoms with Crippen LogP contribution in [0.3, 0.4) is 0 Å². The van der Waals surface area contributed by atoms with Crippen molar-refractivity contribution in [3.8, 4) is 11.4 Å². The molecule has 6 heterocycles. The molecule has 0 saturated carbocycles. The number of aromatic carboxylic acids is 1. The van der Waals surface area contributed by atoms with Crippen LogP contribution in [-0.2, 0) is 0 Å². The van der Waals surface area contributed by atoms with E-state index in [1.54, 1.807) is 56.4 Å². The van der Waals surface area contributed by atoms with Gasteiger partial charge in [-0.05, 0) is 97.4 Å². The zero-order valence-electron chi connectivity index (χ0n) is 34.9. The van der Waals surface area contributed by atoms with Gasteiger partial charge in [-0.2, -0.15) is 0 Å². The average molecular weight is 904 g/mol. The van der Waals surface area contributed by atoms with Crippen molar-refractivity contribution in [2.24, 2.45) is 5.73 Å². The third kappa shape index (κ3) is 8.89. The van der Waals surface area contributed by atoms with Gasteiger partial charge in [-0.15, -0.1) is 0 Å². The second kappa shape index (κ2) is 18.9. The number of halogens is 2. The fourth-order valence-electron chi connectivity index (χ4n) is 7.56. The number of carboxylic acids is 1. The van der Waals surface area contributed by atoms with Crippen LogP contribution in [0.1, 0.15) is 58.3 Å². The van der Waals surface area contributed by atoms with Crippen LogP contribution in [0.4, 0.5) is 0 Å². The molecular formula is C50H40Cl2N8O5. The maximum Gasteiger partial charge on any atom is 0.354 e. The average Bonchev–Trinajstić information content (AvgIpc) is 3.95. The first kappa shape index (κ1) is 43.8. The van der Waals surface area contributed by atoms with E-state index in [4.69, 9.17) is 34.0 Å². The Hall–Kier alpha value is -7.84. The first-order valence-electron chi connectivity index (χ1n) is 20.4. The quantitative estimate of drug-likeness (QED) is 0.142. The fraction of sp³-hybridized carbons (Fsp3) is 0.0800. The molecule has 4 N–H and O–H groups in total. The van der Waals surface area contributed by atoms with Crippen LogP contribution in [0.5, 0.6) is 0 Å². The first-order chi connectivity index (χ1) is 31.4. The van der Waals surface area contributed by atoms with E-state index in [0.717, 1.165) is 22.2 Å². The number of pyridine rings is 4. The first-order valence-corrected chi connectivity index (χ1v) is 21.1. The highest BCUT2D eigenvalue weighted by atomic mass is 35.5. The Bertz CT molecular complexity index is 3490. The van der Waals surface area contributed by atoms with Gasteiger partial charge in [0.25, 0.3) is 17.0 Å². The van der Waals surface area contributed by atoms with Crippen LogP contribution in [0.15, 0.2) is 180 Å². The van der Waals surface area contributed by atoms with Gasteiger partial charge in [0, 0.05) is 41.2 Å². The molecule has 65 heavy (non-hydrogen) atoms. The van der Waals surface area contributed by atoms with Crippen LogP contribution in [0.25, 0.3) is 44.2 Å². The van der Waals surface area contributed by atoms with Gasteiger partial charge in [0.1, 0.15) is 17.0 Å². The second-order valence-electron chi connectivity index (χ2n) is 14.9. The molecule has 0 aliphatic carbocycles. The van der Waals surface area contributed by atoms with Crippen LogP contribution in [-0.4, -0.2) is 44.9 Å². The number of benzene rings is 4. The minimum Gasteiger partial charge on any atom is -0.477 e. The summed E-state index contributed by atoms with van der Waals surface area (Å²) in [6.45, 7) is 3.72. The van der Waals surface area contributed by atoms with Crippen LogP contribution < -0.4 is 22.2 Å². The molecule has 10 rings (SSSR count). The number of para-hydroxylation sites is 2. The van der Waals surface area contributed by atoms with Gasteiger partial charge in [0.2, 0.25) is 0 Å². The lowest BCUT2D eigenvalue weighted by atomic mass is 10.1. The highest BCUT2D eigenvalue weighted by Crippen LogP contribution is 2.27. The van der Waals surface area contributed by atoms with Gasteiger partial charge in [-0.3, -0.25) is 32.3 Å². The summed E-state index contributed by atoms with van der Waals surface area (Å²) in [7, 11) is 0. The molecule has 0 spiro atoms. The maximum atomic E-state index is 13.5. The Morgan fingerprint density at radius 2 is 1.05 bits per heavy atom. The number of hydrogen-bond donors (Lipinski definition) is 3. The Balaban J connectivity index is 0.000000149. The van der Waals surface area contributed by atoms with Crippen molar-refractivity contribution in [3.63, 3.8) is 0 Å². The molecule has 1 amide bonds. The molecule has 0 radical (unpaired) electrons. The monoisotopic (exact) mass is 902 g/mol. The van der Waals surface area contributed by atoms with E-state index >= 15 is 0 Å². The molecule has 2 atom stereocenters. The van der Waals surface area contributed by atoms with E-state index in [1.807, 2.05) is 135 Å². The zero-order valence-corrected chi connectivity index (χ0v) is 36.4. The number of carbonyl (C=O) groups is 2. The predicted molar refractivity (Wildman–Crippen MR) is 255 cm³/mol. The molecule has 4 aromatic carbocycles. The highest BCUT2D eigenvalue weighted by Gasteiger charge is 2.21. The Labute approximate surface area is 381 Å². The molecule has 15 heteroatoms. The fourth-order valence-corrected chi connectivity index (χ4v) is 8.08. The van der Waals surface area contributed by atoms with Crippen molar-refractivity contribution < 1.29 is 14.7 Å². The van der Waals surface area contributed by atoms with E-state index in [-0.39, 0.29) is 28.8 Å². The van der Waals surface area contributed by atoms with Crippen LogP contribution in [0.2, 0.25) is 10.0 Å². The van der Waals surface area contributed by atoms with Crippen molar-refractivity contribution in [3.05, 3.63) is 224 Å². The molecule has 13 nitrogen and oxygen atoms in total. The second-order valence-corrected chi connectivity index (χ2v) is 15.7. The lowest BCUT2D eigenvalue weighted by Crippen LogP contribution is -2.32. The summed E-state index contributed by atoms with van der Waals surface area (Å²) in [6, 6.07) is 43.6. The molecule has 0 unspecified atom stereocenters. The zero-order chi connectivity index (χ0) is 45.8. The van der Waals surface area contributed by atoms with Crippen LogP contribution in [0, 0.1) is 0 Å². The topological polar surface area (TPSA) is 171 Å². The van der Waals surface area contributed by atoms with Crippen molar-refractivity contribution >= 4 is 67.9 Å². The lowest BCUT2D eigenvalue weighted by molar-refractivity contribution is 0.0689. The number of carbonyl (C=O) groups excluding carboxylic acids is 1. The van der Waals surface area contributed by atoms with Gasteiger partial charge in [-0.25, -0.2) is 14.8 Å². The predicted octanol–water partition coefficient (Wildman–Crippen LogP) is 9.48. The van der Waals surface area contributed by atoms with Crippen molar-refractivity contribution in [2.75, 3.05) is 0 Å². The minimum absolute atomic E-state index is 0.142. The summed E-state index contributed by atoms with van der Waals surface area (Å²) >= 11 is 12.6. The molecule has 0 fully saturated rings. The number of amides is 1. The Kier molecular flexibility index (Phi) is 12.7. The number of fused-ring (bicyclic) bond motifs is 4. The van der Waals surface area contributed by atoms with Gasteiger partial charge >= 0.3 is 5.97 Å². The van der Waals surface area contributed by atoms with Gasteiger partial charge in [0.15, 0.2) is 5.69 Å². The maximum absolute atomic E-state index is 13.5. The normalized spacial score (nSPS) is 12.0. The lowest BCUT2D eigenvalue weighted by Gasteiger charge is -2.21. The molecule has 10 aromatic rings. The van der Waals surface area contributed by atoms with E-state index in [2.05, 4.69) is 15.3 Å². The summed E-state index contributed by atoms with van der Waals surface area (Å²) in [6.07, 6.45) is 6.35. The standard InChI is InChI=1S/C25H19ClN4O2.C17H15ClN2O.C8H6N2O2/c1-16(28-24(31)21-15-27-22-12-5-6-13-29(21)22)20-14-17-8-7-11-19(26)23(17)25(32)30(20)18-9-3-2-4-10-18;1-11(19)15-10-12-6-5-9-14(18)16(12)17(21)20(15)13-7-3-2-4-8-13;11-8(12)6-5-9-7-3-1-2-4-10(6)7/h2-16H,1H3,(H,28,31);2-11H,19H2,1H3;1-5H,(H,11,12)/t16-;11-;/m00./s1.